The number of nitrogens with one attached hydrogen (secondary N) is 2. The zero-order chi connectivity index (χ0) is 20.7. The molecular formula is C19H22N6O3S. The number of carbonyl (C=O) groups excluding carboxylic acids is 1. The standard InChI is InChI=1S/C19H22N6O3S/c1-11-15(17(27)25(23(11)3)14-7-5-4-6-8-14)20-16(26)12(2)29-19-22-21-18(28)24(19)13-9-10-13/h4-8,12-13H,9-10H2,1-3H3,(H,20,26)(H,21,28)/t12-/m1/s1. The van der Waals surface area contributed by atoms with Crippen molar-refractivity contribution >= 4 is 23.4 Å². The molecule has 29 heavy (non-hydrogen) atoms. The van der Waals surface area contributed by atoms with Gasteiger partial charge in [0.25, 0.3) is 5.56 Å². The summed E-state index contributed by atoms with van der Waals surface area (Å²) >= 11 is 1.20. The van der Waals surface area contributed by atoms with Crippen LogP contribution in [0.1, 0.15) is 31.5 Å². The van der Waals surface area contributed by atoms with Gasteiger partial charge >= 0.3 is 5.69 Å². The summed E-state index contributed by atoms with van der Waals surface area (Å²) in [6.45, 7) is 3.51. The fraction of sp³-hybridized carbons (Fsp3) is 0.368. The number of hydrogen-bond donors (Lipinski definition) is 2. The van der Waals surface area contributed by atoms with Crippen LogP contribution in [0.3, 0.4) is 0 Å². The predicted octanol–water partition coefficient (Wildman–Crippen LogP) is 1.82. The van der Waals surface area contributed by atoms with Gasteiger partial charge in [0.05, 0.1) is 16.6 Å². The van der Waals surface area contributed by atoms with E-state index in [2.05, 4.69) is 15.5 Å². The second-order valence-corrected chi connectivity index (χ2v) is 8.41. The average molecular weight is 414 g/mol. The lowest BCUT2D eigenvalue weighted by molar-refractivity contribution is -0.115. The maximum absolute atomic E-state index is 12.9. The van der Waals surface area contributed by atoms with Crippen LogP contribution in [0.2, 0.25) is 0 Å². The predicted molar refractivity (Wildman–Crippen MR) is 111 cm³/mol. The average Bonchev–Trinajstić information content (AvgIpc) is 3.45. The Morgan fingerprint density at radius 3 is 2.62 bits per heavy atom. The van der Waals surface area contributed by atoms with Gasteiger partial charge in [0.2, 0.25) is 5.91 Å². The molecule has 1 saturated carbocycles. The molecule has 1 atom stereocenters. The van der Waals surface area contributed by atoms with Gasteiger partial charge in [-0.3, -0.25) is 18.8 Å². The summed E-state index contributed by atoms with van der Waals surface area (Å²) < 4.78 is 4.83. The van der Waals surface area contributed by atoms with E-state index in [9.17, 15) is 14.4 Å². The summed E-state index contributed by atoms with van der Waals surface area (Å²) in [6.07, 6.45) is 1.88. The summed E-state index contributed by atoms with van der Waals surface area (Å²) in [5.41, 5.74) is 1.06. The molecule has 10 heteroatoms. The Bertz CT molecular complexity index is 1170. The SMILES string of the molecule is Cc1c(NC(=O)[C@@H](C)Sc2n[nH]c(=O)n2C2CC2)c(=O)n(-c2ccccc2)n1C. The van der Waals surface area contributed by atoms with Crippen molar-refractivity contribution in [2.75, 3.05) is 5.32 Å². The number of aromatic nitrogens is 5. The van der Waals surface area contributed by atoms with Crippen molar-refractivity contribution in [1.29, 1.82) is 0 Å². The van der Waals surface area contributed by atoms with Crippen LogP contribution < -0.4 is 16.6 Å². The molecule has 1 aromatic carbocycles. The number of benzene rings is 1. The van der Waals surface area contributed by atoms with Gasteiger partial charge in [-0.1, -0.05) is 30.0 Å². The third-order valence-corrected chi connectivity index (χ3v) is 6.10. The smallest absolute Gasteiger partial charge is 0.319 e. The molecule has 1 amide bonds. The van der Waals surface area contributed by atoms with Crippen LogP contribution in [0.5, 0.6) is 0 Å². The zero-order valence-electron chi connectivity index (χ0n) is 16.4. The minimum absolute atomic E-state index is 0.161. The van der Waals surface area contributed by atoms with Gasteiger partial charge in [-0.25, -0.2) is 14.6 Å². The highest BCUT2D eigenvalue weighted by Crippen LogP contribution is 2.36. The first-order valence-electron chi connectivity index (χ1n) is 9.37. The maximum Gasteiger partial charge on any atom is 0.344 e. The number of anilines is 1. The molecule has 3 aromatic rings. The Morgan fingerprint density at radius 1 is 1.28 bits per heavy atom. The van der Waals surface area contributed by atoms with E-state index in [1.807, 2.05) is 30.3 Å². The molecule has 4 rings (SSSR count). The second-order valence-electron chi connectivity index (χ2n) is 7.10. The number of nitrogens with zero attached hydrogens (tertiary/aromatic N) is 4. The van der Waals surface area contributed by atoms with E-state index in [4.69, 9.17) is 0 Å². The molecule has 152 valence electrons. The first kappa shape index (κ1) is 19.3. The van der Waals surface area contributed by atoms with Gasteiger partial charge in [0, 0.05) is 13.1 Å². The van der Waals surface area contributed by atoms with Gasteiger partial charge in [0.15, 0.2) is 5.16 Å². The molecule has 9 nitrogen and oxygen atoms in total. The van der Waals surface area contributed by atoms with Crippen molar-refractivity contribution in [3.05, 3.63) is 56.9 Å². The third-order valence-electron chi connectivity index (χ3n) is 5.04. The van der Waals surface area contributed by atoms with E-state index in [1.54, 1.807) is 30.1 Å². The molecule has 2 heterocycles. The van der Waals surface area contributed by atoms with Crippen LogP contribution in [0.25, 0.3) is 5.69 Å². The summed E-state index contributed by atoms with van der Waals surface area (Å²) in [7, 11) is 1.77. The number of H-pyrrole nitrogens is 1. The van der Waals surface area contributed by atoms with Crippen LogP contribution >= 0.6 is 11.8 Å². The summed E-state index contributed by atoms with van der Waals surface area (Å²) in [5.74, 6) is -0.321. The lowest BCUT2D eigenvalue weighted by Crippen LogP contribution is -2.27. The van der Waals surface area contributed by atoms with Gasteiger partial charge in [0.1, 0.15) is 5.69 Å². The monoisotopic (exact) mass is 414 g/mol. The molecule has 0 unspecified atom stereocenters. The lowest BCUT2D eigenvalue weighted by atomic mass is 10.3. The van der Waals surface area contributed by atoms with E-state index < -0.39 is 5.25 Å². The van der Waals surface area contributed by atoms with E-state index in [1.165, 1.54) is 16.4 Å². The summed E-state index contributed by atoms with van der Waals surface area (Å²) in [5, 5.41) is 9.20. The van der Waals surface area contributed by atoms with Gasteiger partial charge in [-0.15, -0.1) is 5.10 Å². The lowest BCUT2D eigenvalue weighted by Gasteiger charge is -2.11. The van der Waals surface area contributed by atoms with Crippen LogP contribution in [0.4, 0.5) is 5.69 Å². The van der Waals surface area contributed by atoms with Crippen molar-refractivity contribution in [2.45, 2.75) is 43.1 Å². The van der Waals surface area contributed by atoms with Crippen LogP contribution in [-0.4, -0.2) is 35.3 Å². The minimum atomic E-state index is -0.535. The topological polar surface area (TPSA) is 107 Å². The fourth-order valence-corrected chi connectivity index (χ4v) is 4.10. The summed E-state index contributed by atoms with van der Waals surface area (Å²) in [6, 6.07) is 9.41. The largest absolute Gasteiger partial charge is 0.344 e. The van der Waals surface area contributed by atoms with Crippen molar-refractivity contribution in [3.63, 3.8) is 0 Å². The normalized spacial score (nSPS) is 14.7. The molecule has 1 aliphatic rings. The van der Waals surface area contributed by atoms with Gasteiger partial charge < -0.3 is 5.32 Å². The molecule has 2 N–H and O–H groups in total. The highest BCUT2D eigenvalue weighted by atomic mass is 32.2. The highest BCUT2D eigenvalue weighted by Gasteiger charge is 2.30. The van der Waals surface area contributed by atoms with E-state index in [0.29, 0.717) is 10.9 Å². The molecular weight excluding hydrogens is 392 g/mol. The molecule has 1 fully saturated rings. The van der Waals surface area contributed by atoms with Crippen LogP contribution in [-0.2, 0) is 11.8 Å². The Kier molecular flexibility index (Phi) is 4.95. The quantitative estimate of drug-likeness (QED) is 0.599. The van der Waals surface area contributed by atoms with Crippen molar-refractivity contribution < 1.29 is 4.79 Å². The van der Waals surface area contributed by atoms with E-state index in [0.717, 1.165) is 18.5 Å². The number of carbonyl (C=O) groups is 1. The number of para-hydroxylation sites is 1. The molecule has 0 spiro atoms. The number of thioether (sulfide) groups is 1. The molecule has 1 aliphatic carbocycles. The first-order valence-corrected chi connectivity index (χ1v) is 10.2. The Morgan fingerprint density at radius 2 is 1.97 bits per heavy atom. The van der Waals surface area contributed by atoms with Crippen LogP contribution in [0.15, 0.2) is 45.1 Å². The highest BCUT2D eigenvalue weighted by molar-refractivity contribution is 8.00. The molecule has 0 radical (unpaired) electrons. The zero-order valence-corrected chi connectivity index (χ0v) is 17.2. The van der Waals surface area contributed by atoms with Crippen molar-refractivity contribution in [2.24, 2.45) is 7.05 Å². The van der Waals surface area contributed by atoms with E-state index in [-0.39, 0.29) is 28.9 Å². The Hall–Kier alpha value is -3.01. The van der Waals surface area contributed by atoms with Gasteiger partial charge in [-0.2, -0.15) is 0 Å². The summed E-state index contributed by atoms with van der Waals surface area (Å²) in [4.78, 5) is 37.6. The number of hydrogen-bond acceptors (Lipinski definition) is 5. The Balaban J connectivity index is 1.56. The number of rotatable bonds is 6. The number of aromatic amines is 1. The maximum atomic E-state index is 12.9. The molecule has 0 saturated heterocycles. The first-order chi connectivity index (χ1) is 13.9. The van der Waals surface area contributed by atoms with Gasteiger partial charge in [-0.05, 0) is 38.8 Å². The molecule has 2 aromatic heterocycles. The second kappa shape index (κ2) is 7.43. The van der Waals surface area contributed by atoms with E-state index >= 15 is 0 Å². The third kappa shape index (κ3) is 3.55. The molecule has 0 aliphatic heterocycles. The fourth-order valence-electron chi connectivity index (χ4n) is 3.18. The van der Waals surface area contributed by atoms with Crippen molar-refractivity contribution in [3.8, 4) is 5.69 Å². The minimum Gasteiger partial charge on any atom is -0.319 e. The van der Waals surface area contributed by atoms with Crippen LogP contribution in [0, 0.1) is 6.92 Å². The molecule has 0 bridgehead atoms. The Labute approximate surface area is 170 Å². The number of amides is 1. The van der Waals surface area contributed by atoms with Crippen molar-refractivity contribution in [1.82, 2.24) is 24.1 Å².